The zero-order valence-electron chi connectivity index (χ0n) is 10.1. The number of pyridine rings is 1. The Kier molecular flexibility index (Phi) is 3.92. The van der Waals surface area contributed by atoms with Gasteiger partial charge in [0.15, 0.2) is 6.61 Å². The molecule has 0 bridgehead atoms. The van der Waals surface area contributed by atoms with Gasteiger partial charge in [-0.25, -0.2) is 4.98 Å². The average Bonchev–Trinajstić information content (AvgIpc) is 2.89. The molecule has 0 saturated carbocycles. The molecule has 2 rings (SSSR count). The molecule has 1 saturated heterocycles. The van der Waals surface area contributed by atoms with Gasteiger partial charge in [-0.05, 0) is 18.9 Å². The van der Waals surface area contributed by atoms with Gasteiger partial charge < -0.3 is 9.64 Å². The highest BCUT2D eigenvalue weighted by Crippen LogP contribution is 2.18. The van der Waals surface area contributed by atoms with Gasteiger partial charge in [-0.3, -0.25) is 4.79 Å². The molecule has 104 valence electrons. The zero-order chi connectivity index (χ0) is 13.9. The number of amides is 1. The molecule has 19 heavy (non-hydrogen) atoms. The first-order valence-corrected chi connectivity index (χ1v) is 5.90. The van der Waals surface area contributed by atoms with Crippen molar-refractivity contribution in [2.24, 2.45) is 0 Å². The summed E-state index contributed by atoms with van der Waals surface area (Å²) in [5.74, 6) is -0.289. The van der Waals surface area contributed by atoms with Gasteiger partial charge >= 0.3 is 6.18 Å². The molecule has 0 N–H and O–H groups in total. The van der Waals surface area contributed by atoms with Gasteiger partial charge in [0, 0.05) is 25.4 Å². The number of rotatable bonds is 3. The largest absolute Gasteiger partial charge is 0.468 e. The number of aromatic nitrogens is 1. The Balaban J connectivity index is 1.96. The van der Waals surface area contributed by atoms with Crippen molar-refractivity contribution >= 4 is 5.91 Å². The van der Waals surface area contributed by atoms with Crippen molar-refractivity contribution in [3.63, 3.8) is 0 Å². The first kappa shape index (κ1) is 13.6. The van der Waals surface area contributed by atoms with Crippen LogP contribution < -0.4 is 4.74 Å². The number of nitrogens with zero attached hydrogens (tertiary/aromatic N) is 2. The number of hydrogen-bond acceptors (Lipinski definition) is 3. The number of hydrogen-bond donors (Lipinski definition) is 0. The lowest BCUT2D eigenvalue weighted by Gasteiger charge is -2.15. The van der Waals surface area contributed by atoms with Crippen molar-refractivity contribution in [3.05, 3.63) is 23.9 Å². The van der Waals surface area contributed by atoms with E-state index in [2.05, 4.69) is 9.72 Å². The van der Waals surface area contributed by atoms with Crippen LogP contribution in [-0.2, 0) is 0 Å². The number of carbonyl (C=O) groups is 1. The van der Waals surface area contributed by atoms with E-state index in [0.29, 0.717) is 18.7 Å². The van der Waals surface area contributed by atoms with E-state index in [1.165, 1.54) is 18.3 Å². The lowest BCUT2D eigenvalue weighted by Crippen LogP contribution is -2.27. The molecule has 0 atom stereocenters. The third-order valence-corrected chi connectivity index (χ3v) is 2.76. The number of likely N-dealkylation sites (tertiary alicyclic amines) is 1. The second-order valence-electron chi connectivity index (χ2n) is 4.29. The normalized spacial score (nSPS) is 15.6. The molecule has 0 aromatic carbocycles. The SMILES string of the molecule is O=C(c1ccc(OCC(F)(F)F)nc1)N1CCCC1. The van der Waals surface area contributed by atoms with E-state index in [-0.39, 0.29) is 11.8 Å². The van der Waals surface area contributed by atoms with Crippen LogP contribution in [0, 0.1) is 0 Å². The first-order chi connectivity index (χ1) is 8.96. The molecule has 0 aliphatic carbocycles. The fraction of sp³-hybridized carbons (Fsp3) is 0.500. The van der Waals surface area contributed by atoms with Gasteiger partial charge in [0.05, 0.1) is 5.56 Å². The smallest absolute Gasteiger partial charge is 0.422 e. The van der Waals surface area contributed by atoms with E-state index in [9.17, 15) is 18.0 Å². The molecule has 7 heteroatoms. The lowest BCUT2D eigenvalue weighted by atomic mass is 10.2. The van der Waals surface area contributed by atoms with Gasteiger partial charge in [-0.2, -0.15) is 13.2 Å². The fourth-order valence-electron chi connectivity index (χ4n) is 1.85. The Bertz CT molecular complexity index is 439. The van der Waals surface area contributed by atoms with Gasteiger partial charge in [0.2, 0.25) is 5.88 Å². The second-order valence-corrected chi connectivity index (χ2v) is 4.29. The first-order valence-electron chi connectivity index (χ1n) is 5.90. The summed E-state index contributed by atoms with van der Waals surface area (Å²) in [5.41, 5.74) is 0.362. The maximum atomic E-state index is 11.9. The van der Waals surface area contributed by atoms with E-state index in [1.807, 2.05) is 0 Å². The summed E-state index contributed by atoms with van der Waals surface area (Å²) in [6.07, 6.45) is -1.20. The minimum atomic E-state index is -4.40. The number of ether oxygens (including phenoxy) is 1. The molecule has 0 unspecified atom stereocenters. The quantitative estimate of drug-likeness (QED) is 0.849. The van der Waals surface area contributed by atoms with Crippen molar-refractivity contribution in [2.45, 2.75) is 19.0 Å². The molecule has 2 heterocycles. The third-order valence-electron chi connectivity index (χ3n) is 2.76. The van der Waals surface area contributed by atoms with E-state index in [4.69, 9.17) is 0 Å². The van der Waals surface area contributed by atoms with Crippen LogP contribution in [0.3, 0.4) is 0 Å². The molecule has 1 aliphatic heterocycles. The van der Waals surface area contributed by atoms with Crippen LogP contribution in [0.1, 0.15) is 23.2 Å². The van der Waals surface area contributed by atoms with Crippen LogP contribution in [-0.4, -0.2) is 41.7 Å². The van der Waals surface area contributed by atoms with Crippen LogP contribution in [0.2, 0.25) is 0 Å². The molecule has 1 fully saturated rings. The fourth-order valence-corrected chi connectivity index (χ4v) is 1.85. The van der Waals surface area contributed by atoms with Crippen molar-refractivity contribution in [1.82, 2.24) is 9.88 Å². The Morgan fingerprint density at radius 2 is 2.00 bits per heavy atom. The van der Waals surface area contributed by atoms with Crippen LogP contribution in [0.4, 0.5) is 13.2 Å². The summed E-state index contributed by atoms with van der Waals surface area (Å²) in [4.78, 5) is 17.3. The molecular formula is C12H13F3N2O2. The minimum Gasteiger partial charge on any atom is -0.468 e. The van der Waals surface area contributed by atoms with E-state index >= 15 is 0 Å². The zero-order valence-corrected chi connectivity index (χ0v) is 10.1. The van der Waals surface area contributed by atoms with Gasteiger partial charge in [-0.1, -0.05) is 0 Å². The molecule has 1 aromatic rings. The highest BCUT2D eigenvalue weighted by molar-refractivity contribution is 5.94. The lowest BCUT2D eigenvalue weighted by molar-refractivity contribution is -0.154. The standard InChI is InChI=1S/C12H13F3N2O2/c13-12(14,15)8-19-10-4-3-9(7-16-10)11(18)17-5-1-2-6-17/h3-4,7H,1-2,5-6,8H2. The van der Waals surface area contributed by atoms with Crippen LogP contribution >= 0.6 is 0 Å². The van der Waals surface area contributed by atoms with Crippen molar-refractivity contribution in [2.75, 3.05) is 19.7 Å². The summed E-state index contributed by atoms with van der Waals surface area (Å²) in [6.45, 7) is 0.0374. The van der Waals surface area contributed by atoms with Crippen molar-refractivity contribution in [1.29, 1.82) is 0 Å². The summed E-state index contributed by atoms with van der Waals surface area (Å²) in [5, 5.41) is 0. The molecule has 4 nitrogen and oxygen atoms in total. The van der Waals surface area contributed by atoms with Crippen molar-refractivity contribution in [3.8, 4) is 5.88 Å². The summed E-state index contributed by atoms with van der Waals surface area (Å²) in [7, 11) is 0. The number of alkyl halides is 3. The Hall–Kier alpha value is -1.79. The van der Waals surface area contributed by atoms with Crippen LogP contribution in [0.15, 0.2) is 18.3 Å². The monoisotopic (exact) mass is 274 g/mol. The summed E-state index contributed by atoms with van der Waals surface area (Å²) >= 11 is 0. The Morgan fingerprint density at radius 3 is 2.53 bits per heavy atom. The van der Waals surface area contributed by atoms with E-state index in [0.717, 1.165) is 12.8 Å². The predicted molar refractivity (Wildman–Crippen MR) is 60.9 cm³/mol. The van der Waals surface area contributed by atoms with Gasteiger partial charge in [-0.15, -0.1) is 0 Å². The number of halogens is 3. The average molecular weight is 274 g/mol. The second kappa shape index (κ2) is 5.46. The Labute approximate surface area is 108 Å². The predicted octanol–water partition coefficient (Wildman–Crippen LogP) is 2.26. The summed E-state index contributed by atoms with van der Waals surface area (Å²) < 4.78 is 40.3. The highest BCUT2D eigenvalue weighted by Gasteiger charge is 2.28. The van der Waals surface area contributed by atoms with Gasteiger partial charge in [0.1, 0.15) is 0 Å². The maximum Gasteiger partial charge on any atom is 0.422 e. The molecular weight excluding hydrogens is 261 g/mol. The van der Waals surface area contributed by atoms with Crippen molar-refractivity contribution < 1.29 is 22.7 Å². The maximum absolute atomic E-state index is 11.9. The molecule has 0 spiro atoms. The Morgan fingerprint density at radius 1 is 1.32 bits per heavy atom. The van der Waals surface area contributed by atoms with Crippen LogP contribution in [0.5, 0.6) is 5.88 Å². The molecule has 1 aliphatic rings. The van der Waals surface area contributed by atoms with E-state index in [1.54, 1.807) is 4.90 Å². The minimum absolute atomic E-state index is 0.143. The third kappa shape index (κ3) is 3.84. The topological polar surface area (TPSA) is 42.4 Å². The number of carbonyl (C=O) groups excluding carboxylic acids is 1. The molecule has 1 aromatic heterocycles. The molecule has 1 amide bonds. The van der Waals surface area contributed by atoms with E-state index < -0.39 is 12.8 Å². The summed E-state index contributed by atoms with van der Waals surface area (Å²) in [6, 6.07) is 2.70. The van der Waals surface area contributed by atoms with Gasteiger partial charge in [0.25, 0.3) is 5.91 Å². The highest BCUT2D eigenvalue weighted by atomic mass is 19.4. The molecule has 0 radical (unpaired) electrons. The van der Waals surface area contributed by atoms with Crippen LogP contribution in [0.25, 0.3) is 0 Å².